The third kappa shape index (κ3) is 15.4. The molecule has 0 rings (SSSR count). The Kier molecular flexibility index (Phi) is 13.4. The van der Waals surface area contributed by atoms with E-state index in [-0.39, 0.29) is 0 Å². The normalized spacial score (nSPS) is 12.5. The number of carboxylic acids is 1. The first-order chi connectivity index (χ1) is 9.16. The molecule has 3 nitrogen and oxygen atoms in total. The molecule has 0 aliphatic heterocycles. The van der Waals surface area contributed by atoms with Crippen LogP contribution in [0.5, 0.6) is 0 Å². The number of hydrogen-bond acceptors (Lipinski definition) is 2. The maximum Gasteiger partial charge on any atom is 0.303 e. The molecule has 0 amide bonds. The van der Waals surface area contributed by atoms with Gasteiger partial charge in [-0.15, -0.1) is 0 Å². The Labute approximate surface area is 119 Å². The van der Waals surface area contributed by atoms with E-state index < -0.39 is 5.97 Å². The van der Waals surface area contributed by atoms with Gasteiger partial charge in [0.25, 0.3) is 0 Å². The Morgan fingerprint density at radius 2 is 1.37 bits per heavy atom. The summed E-state index contributed by atoms with van der Waals surface area (Å²) in [5, 5.41) is 8.51. The fourth-order valence-corrected chi connectivity index (χ4v) is 2.37. The van der Waals surface area contributed by atoms with Gasteiger partial charge in [-0.1, -0.05) is 64.7 Å². The molecule has 19 heavy (non-hydrogen) atoms. The molecular formula is C16H33NO2. The second-order valence-electron chi connectivity index (χ2n) is 5.66. The van der Waals surface area contributed by atoms with Gasteiger partial charge in [-0.3, -0.25) is 4.79 Å². The molecule has 0 aliphatic carbocycles. The Balaban J connectivity index is 3.15. The van der Waals surface area contributed by atoms with Crippen LogP contribution in [-0.2, 0) is 4.79 Å². The maximum absolute atomic E-state index is 10.3. The SMILES string of the molecule is CCCCCCCC(N)CCCCCCCC(=O)O. The Bertz CT molecular complexity index is 207. The van der Waals surface area contributed by atoms with E-state index in [1.165, 1.54) is 51.4 Å². The topological polar surface area (TPSA) is 63.3 Å². The zero-order valence-corrected chi connectivity index (χ0v) is 12.7. The second-order valence-corrected chi connectivity index (χ2v) is 5.66. The van der Waals surface area contributed by atoms with Crippen LogP contribution in [0, 0.1) is 0 Å². The van der Waals surface area contributed by atoms with E-state index >= 15 is 0 Å². The summed E-state index contributed by atoms with van der Waals surface area (Å²) in [5.74, 6) is -0.676. The summed E-state index contributed by atoms with van der Waals surface area (Å²) >= 11 is 0. The molecule has 0 aromatic rings. The predicted molar refractivity (Wildman–Crippen MR) is 81.3 cm³/mol. The highest BCUT2D eigenvalue weighted by Gasteiger charge is 2.02. The van der Waals surface area contributed by atoms with E-state index in [0.29, 0.717) is 12.5 Å². The van der Waals surface area contributed by atoms with Gasteiger partial charge in [0, 0.05) is 12.5 Å². The zero-order chi connectivity index (χ0) is 14.3. The Hall–Kier alpha value is -0.570. The molecule has 0 aromatic heterocycles. The number of rotatable bonds is 14. The lowest BCUT2D eigenvalue weighted by Crippen LogP contribution is -2.19. The first-order valence-corrected chi connectivity index (χ1v) is 8.14. The average Bonchev–Trinajstić information content (AvgIpc) is 2.37. The van der Waals surface area contributed by atoms with Crippen LogP contribution in [0.25, 0.3) is 0 Å². The first kappa shape index (κ1) is 18.4. The van der Waals surface area contributed by atoms with E-state index in [4.69, 9.17) is 10.8 Å². The molecule has 0 radical (unpaired) electrons. The summed E-state index contributed by atoms with van der Waals surface area (Å²) in [6.45, 7) is 2.24. The van der Waals surface area contributed by atoms with Gasteiger partial charge in [-0.25, -0.2) is 0 Å². The van der Waals surface area contributed by atoms with Gasteiger partial charge < -0.3 is 10.8 Å². The van der Waals surface area contributed by atoms with Crippen LogP contribution in [0.15, 0.2) is 0 Å². The largest absolute Gasteiger partial charge is 0.481 e. The van der Waals surface area contributed by atoms with Crippen molar-refractivity contribution in [1.29, 1.82) is 0 Å². The van der Waals surface area contributed by atoms with Crippen molar-refractivity contribution in [2.24, 2.45) is 5.73 Å². The van der Waals surface area contributed by atoms with Crippen LogP contribution in [-0.4, -0.2) is 17.1 Å². The standard InChI is InChI=1S/C16H33NO2/c1-2-3-4-6-9-12-15(17)13-10-7-5-8-11-14-16(18)19/h15H,2-14,17H2,1H3,(H,18,19). The van der Waals surface area contributed by atoms with Crippen molar-refractivity contribution in [2.45, 2.75) is 96.4 Å². The van der Waals surface area contributed by atoms with Crippen LogP contribution in [0.2, 0.25) is 0 Å². The molecule has 0 saturated heterocycles. The van der Waals surface area contributed by atoms with Gasteiger partial charge in [-0.2, -0.15) is 0 Å². The lowest BCUT2D eigenvalue weighted by Gasteiger charge is -2.11. The fraction of sp³-hybridized carbons (Fsp3) is 0.938. The van der Waals surface area contributed by atoms with Crippen molar-refractivity contribution in [2.75, 3.05) is 0 Å². The van der Waals surface area contributed by atoms with Crippen molar-refractivity contribution in [3.8, 4) is 0 Å². The number of hydrogen-bond donors (Lipinski definition) is 2. The van der Waals surface area contributed by atoms with Crippen molar-refractivity contribution < 1.29 is 9.90 Å². The lowest BCUT2D eigenvalue weighted by atomic mass is 10.0. The number of carbonyl (C=O) groups is 1. The summed E-state index contributed by atoms with van der Waals surface area (Å²) in [4.78, 5) is 10.3. The van der Waals surface area contributed by atoms with Crippen molar-refractivity contribution in [3.05, 3.63) is 0 Å². The van der Waals surface area contributed by atoms with E-state index in [1.807, 2.05) is 0 Å². The summed E-state index contributed by atoms with van der Waals surface area (Å²) in [7, 11) is 0. The highest BCUT2D eigenvalue weighted by molar-refractivity contribution is 5.66. The van der Waals surface area contributed by atoms with Crippen LogP contribution >= 0.6 is 0 Å². The minimum absolute atomic E-state index is 0.317. The smallest absolute Gasteiger partial charge is 0.303 e. The molecule has 0 saturated carbocycles. The number of aliphatic carboxylic acids is 1. The van der Waals surface area contributed by atoms with E-state index in [1.54, 1.807) is 0 Å². The molecule has 0 spiro atoms. The number of unbranched alkanes of at least 4 members (excludes halogenated alkanes) is 8. The predicted octanol–water partition coefficient (Wildman–Crippen LogP) is 4.49. The van der Waals surface area contributed by atoms with Gasteiger partial charge in [0.1, 0.15) is 0 Å². The van der Waals surface area contributed by atoms with Crippen molar-refractivity contribution in [1.82, 2.24) is 0 Å². The van der Waals surface area contributed by atoms with Crippen LogP contribution < -0.4 is 5.73 Å². The molecule has 3 heteroatoms. The molecule has 0 aliphatic rings. The molecule has 0 bridgehead atoms. The van der Waals surface area contributed by atoms with Gasteiger partial charge in [-0.05, 0) is 19.3 Å². The van der Waals surface area contributed by atoms with Gasteiger partial charge >= 0.3 is 5.97 Å². The monoisotopic (exact) mass is 271 g/mol. The van der Waals surface area contributed by atoms with Gasteiger partial charge in [0.2, 0.25) is 0 Å². The van der Waals surface area contributed by atoms with Gasteiger partial charge in [0.15, 0.2) is 0 Å². The fourth-order valence-electron chi connectivity index (χ4n) is 2.37. The molecule has 114 valence electrons. The molecule has 0 heterocycles. The summed E-state index contributed by atoms with van der Waals surface area (Å²) in [5.41, 5.74) is 6.09. The molecular weight excluding hydrogens is 238 g/mol. The van der Waals surface area contributed by atoms with E-state index in [9.17, 15) is 4.79 Å². The molecule has 0 aromatic carbocycles. The third-order valence-electron chi connectivity index (χ3n) is 3.64. The van der Waals surface area contributed by atoms with Crippen LogP contribution in [0.1, 0.15) is 90.4 Å². The van der Waals surface area contributed by atoms with E-state index in [0.717, 1.165) is 25.7 Å². The number of carboxylic acid groups (broad SMARTS) is 1. The highest BCUT2D eigenvalue weighted by atomic mass is 16.4. The van der Waals surface area contributed by atoms with Crippen LogP contribution in [0.4, 0.5) is 0 Å². The zero-order valence-electron chi connectivity index (χ0n) is 12.7. The summed E-state index contributed by atoms with van der Waals surface area (Å²) in [6, 6.07) is 0.376. The molecule has 3 N–H and O–H groups in total. The summed E-state index contributed by atoms with van der Waals surface area (Å²) < 4.78 is 0. The van der Waals surface area contributed by atoms with Gasteiger partial charge in [0.05, 0.1) is 0 Å². The van der Waals surface area contributed by atoms with Crippen molar-refractivity contribution in [3.63, 3.8) is 0 Å². The lowest BCUT2D eigenvalue weighted by molar-refractivity contribution is -0.137. The first-order valence-electron chi connectivity index (χ1n) is 8.14. The van der Waals surface area contributed by atoms with Crippen molar-refractivity contribution >= 4 is 5.97 Å². The van der Waals surface area contributed by atoms with Crippen LogP contribution in [0.3, 0.4) is 0 Å². The summed E-state index contributed by atoms with van der Waals surface area (Å²) in [6.07, 6.45) is 14.6. The average molecular weight is 271 g/mol. The quantitative estimate of drug-likeness (QED) is 0.457. The molecule has 1 atom stereocenters. The third-order valence-corrected chi connectivity index (χ3v) is 3.64. The Morgan fingerprint density at radius 1 is 0.895 bits per heavy atom. The molecule has 0 fully saturated rings. The Morgan fingerprint density at radius 3 is 1.89 bits per heavy atom. The minimum atomic E-state index is -0.676. The minimum Gasteiger partial charge on any atom is -0.481 e. The number of nitrogens with two attached hydrogens (primary N) is 1. The maximum atomic E-state index is 10.3. The molecule has 1 unspecified atom stereocenters. The van der Waals surface area contributed by atoms with E-state index in [2.05, 4.69) is 6.92 Å². The second kappa shape index (κ2) is 13.9. The highest BCUT2D eigenvalue weighted by Crippen LogP contribution is 2.12.